The molecule has 1 aliphatic rings. The van der Waals surface area contributed by atoms with Gasteiger partial charge in [-0.05, 0) is 23.6 Å². The zero-order valence-corrected chi connectivity index (χ0v) is 19.6. The summed E-state index contributed by atoms with van der Waals surface area (Å²) in [4.78, 5) is 13.3. The number of methoxy groups -OCH3 is 1. The predicted octanol–water partition coefficient (Wildman–Crippen LogP) is 4.85. The number of aromatic nitrogens is 2. The number of para-hydroxylation sites is 1. The Morgan fingerprint density at radius 3 is 2.64 bits per heavy atom. The molecule has 0 atom stereocenters. The largest absolute Gasteiger partial charge is 0.496 e. The van der Waals surface area contributed by atoms with E-state index in [9.17, 15) is 0 Å². The van der Waals surface area contributed by atoms with Crippen LogP contribution in [-0.4, -0.2) is 54.8 Å². The van der Waals surface area contributed by atoms with Crippen molar-refractivity contribution in [2.45, 2.75) is 13.0 Å². The van der Waals surface area contributed by atoms with Gasteiger partial charge in [-0.25, -0.2) is 9.97 Å². The predicted molar refractivity (Wildman–Crippen MR) is 134 cm³/mol. The molecule has 0 bridgehead atoms. The van der Waals surface area contributed by atoms with Crippen molar-refractivity contribution in [2.75, 3.05) is 45.3 Å². The Morgan fingerprint density at radius 1 is 1.03 bits per heavy atom. The second kappa shape index (κ2) is 10.3. The first-order chi connectivity index (χ1) is 16.3. The van der Waals surface area contributed by atoms with Crippen LogP contribution in [0, 0.1) is 0 Å². The molecule has 4 aromatic rings. The molecule has 1 fully saturated rings. The summed E-state index contributed by atoms with van der Waals surface area (Å²) in [6, 6.07) is 18.6. The highest BCUT2D eigenvalue weighted by atomic mass is 32.1. The third kappa shape index (κ3) is 5.00. The van der Waals surface area contributed by atoms with Crippen LogP contribution in [0.2, 0.25) is 0 Å². The van der Waals surface area contributed by atoms with Crippen molar-refractivity contribution < 1.29 is 9.47 Å². The van der Waals surface area contributed by atoms with Crippen molar-refractivity contribution in [3.05, 3.63) is 71.4 Å². The van der Waals surface area contributed by atoms with Gasteiger partial charge in [-0.2, -0.15) is 0 Å². The number of nitrogens with one attached hydrogen (secondary N) is 1. The fourth-order valence-electron chi connectivity index (χ4n) is 4.20. The number of anilines is 1. The van der Waals surface area contributed by atoms with E-state index in [2.05, 4.69) is 45.9 Å². The fourth-order valence-corrected chi connectivity index (χ4v) is 5.17. The topological polar surface area (TPSA) is 59.5 Å². The lowest BCUT2D eigenvalue weighted by Crippen LogP contribution is -2.36. The molecular formula is C26H28N4O2S. The number of thiophene rings is 1. The highest BCUT2D eigenvalue weighted by Gasteiger charge is 2.18. The van der Waals surface area contributed by atoms with E-state index in [1.807, 2.05) is 24.3 Å². The summed E-state index contributed by atoms with van der Waals surface area (Å²) in [5.41, 5.74) is 3.54. The minimum absolute atomic E-state index is 0.735. The maximum absolute atomic E-state index is 5.52. The van der Waals surface area contributed by atoms with E-state index in [0.29, 0.717) is 0 Å². The van der Waals surface area contributed by atoms with Gasteiger partial charge in [0.1, 0.15) is 22.2 Å². The first-order valence-corrected chi connectivity index (χ1v) is 12.2. The van der Waals surface area contributed by atoms with E-state index in [4.69, 9.17) is 19.4 Å². The lowest BCUT2D eigenvalue weighted by atomic mass is 10.1. The second-order valence-corrected chi connectivity index (χ2v) is 8.92. The molecule has 1 N–H and O–H groups in total. The number of hydrogen-bond acceptors (Lipinski definition) is 7. The molecule has 0 aliphatic carbocycles. The zero-order valence-electron chi connectivity index (χ0n) is 18.8. The minimum Gasteiger partial charge on any atom is -0.496 e. The molecule has 7 heteroatoms. The van der Waals surface area contributed by atoms with Crippen molar-refractivity contribution in [2.24, 2.45) is 0 Å². The van der Waals surface area contributed by atoms with E-state index >= 15 is 0 Å². The van der Waals surface area contributed by atoms with Crippen LogP contribution in [0.15, 0.2) is 60.0 Å². The number of morpholine rings is 1. The molecule has 5 rings (SSSR count). The summed E-state index contributed by atoms with van der Waals surface area (Å²) >= 11 is 1.68. The molecule has 3 heterocycles. The molecule has 0 radical (unpaired) electrons. The molecule has 6 nitrogen and oxygen atoms in total. The van der Waals surface area contributed by atoms with Crippen molar-refractivity contribution in [1.29, 1.82) is 0 Å². The van der Waals surface area contributed by atoms with Gasteiger partial charge in [-0.1, -0.05) is 48.5 Å². The normalized spacial score (nSPS) is 14.5. The number of rotatable bonds is 8. The van der Waals surface area contributed by atoms with Gasteiger partial charge in [0.15, 0.2) is 0 Å². The van der Waals surface area contributed by atoms with Crippen LogP contribution in [0.5, 0.6) is 5.75 Å². The standard InChI is InChI=1S/C26H28N4O2S/c1-31-22-10-6-5-9-20(22)11-12-27-25-24-21(19-7-3-2-4-8-19)18-33-26(24)29-23(28-25)17-30-13-15-32-16-14-30/h2-10,18H,11-17H2,1H3,(H,27,28,29). The van der Waals surface area contributed by atoms with Crippen molar-refractivity contribution in [3.63, 3.8) is 0 Å². The van der Waals surface area contributed by atoms with Crippen LogP contribution in [0.4, 0.5) is 5.82 Å². The van der Waals surface area contributed by atoms with Gasteiger partial charge in [0.2, 0.25) is 0 Å². The minimum atomic E-state index is 0.735. The van der Waals surface area contributed by atoms with Gasteiger partial charge in [-0.15, -0.1) is 11.3 Å². The monoisotopic (exact) mass is 460 g/mol. The summed E-state index contributed by atoms with van der Waals surface area (Å²) < 4.78 is 11.0. The van der Waals surface area contributed by atoms with Gasteiger partial charge >= 0.3 is 0 Å². The van der Waals surface area contributed by atoms with E-state index in [-0.39, 0.29) is 0 Å². The van der Waals surface area contributed by atoms with Gasteiger partial charge in [0, 0.05) is 30.6 Å². The Kier molecular flexibility index (Phi) is 6.81. The molecule has 0 spiro atoms. The molecule has 0 saturated carbocycles. The van der Waals surface area contributed by atoms with Gasteiger partial charge < -0.3 is 14.8 Å². The zero-order chi connectivity index (χ0) is 22.5. The van der Waals surface area contributed by atoms with Crippen LogP contribution in [0.25, 0.3) is 21.3 Å². The molecule has 2 aromatic heterocycles. The Bertz CT molecular complexity index is 1210. The molecule has 1 saturated heterocycles. The quantitative estimate of drug-likeness (QED) is 0.406. The van der Waals surface area contributed by atoms with Crippen LogP contribution in [0.3, 0.4) is 0 Å². The molecule has 1 aliphatic heterocycles. The van der Waals surface area contributed by atoms with Crippen molar-refractivity contribution in [1.82, 2.24) is 14.9 Å². The first-order valence-electron chi connectivity index (χ1n) is 11.3. The summed E-state index contributed by atoms with van der Waals surface area (Å²) in [6.07, 6.45) is 0.846. The number of benzene rings is 2. The molecular weight excluding hydrogens is 432 g/mol. The lowest BCUT2D eigenvalue weighted by molar-refractivity contribution is 0.0331. The van der Waals surface area contributed by atoms with Gasteiger partial charge in [0.25, 0.3) is 0 Å². The van der Waals surface area contributed by atoms with Crippen LogP contribution >= 0.6 is 11.3 Å². The molecule has 2 aromatic carbocycles. The fraction of sp³-hybridized carbons (Fsp3) is 0.308. The number of ether oxygens (including phenoxy) is 2. The maximum atomic E-state index is 5.52. The van der Waals surface area contributed by atoms with Crippen molar-refractivity contribution >= 4 is 27.4 Å². The van der Waals surface area contributed by atoms with E-state index < -0.39 is 0 Å². The highest BCUT2D eigenvalue weighted by Crippen LogP contribution is 2.37. The third-order valence-corrected chi connectivity index (χ3v) is 6.78. The Morgan fingerprint density at radius 2 is 1.82 bits per heavy atom. The summed E-state index contributed by atoms with van der Waals surface area (Å²) in [7, 11) is 1.72. The van der Waals surface area contributed by atoms with Crippen molar-refractivity contribution in [3.8, 4) is 16.9 Å². The van der Waals surface area contributed by atoms with Gasteiger partial charge in [0.05, 0.1) is 32.3 Å². The SMILES string of the molecule is COc1ccccc1CCNc1nc(CN2CCOCC2)nc2scc(-c3ccccc3)c12. The second-order valence-electron chi connectivity index (χ2n) is 8.06. The molecule has 0 amide bonds. The van der Waals surface area contributed by atoms with Crippen LogP contribution in [-0.2, 0) is 17.7 Å². The maximum Gasteiger partial charge on any atom is 0.146 e. The van der Waals surface area contributed by atoms with E-state index in [0.717, 1.165) is 73.4 Å². The average Bonchev–Trinajstić information content (AvgIpc) is 3.30. The Labute approximate surface area is 198 Å². The first kappa shape index (κ1) is 21.8. The smallest absolute Gasteiger partial charge is 0.146 e. The van der Waals surface area contributed by atoms with Gasteiger partial charge in [-0.3, -0.25) is 4.90 Å². The lowest BCUT2D eigenvalue weighted by Gasteiger charge is -2.25. The Balaban J connectivity index is 1.45. The Hall–Kier alpha value is -3.00. The van der Waals surface area contributed by atoms with Crippen LogP contribution in [0.1, 0.15) is 11.4 Å². The highest BCUT2D eigenvalue weighted by molar-refractivity contribution is 7.17. The molecule has 170 valence electrons. The summed E-state index contributed by atoms with van der Waals surface area (Å²) in [5, 5.41) is 6.91. The molecule has 33 heavy (non-hydrogen) atoms. The molecule has 0 unspecified atom stereocenters. The van der Waals surface area contributed by atoms with E-state index in [1.165, 1.54) is 16.7 Å². The number of fused-ring (bicyclic) bond motifs is 1. The average molecular weight is 461 g/mol. The third-order valence-electron chi connectivity index (χ3n) is 5.91. The number of hydrogen-bond donors (Lipinski definition) is 1. The summed E-state index contributed by atoms with van der Waals surface area (Å²) in [5.74, 6) is 2.67. The van der Waals surface area contributed by atoms with E-state index in [1.54, 1.807) is 18.4 Å². The number of nitrogens with zero attached hydrogens (tertiary/aromatic N) is 3. The summed E-state index contributed by atoms with van der Waals surface area (Å²) in [6.45, 7) is 4.86. The van der Waals surface area contributed by atoms with Crippen LogP contribution < -0.4 is 10.1 Å².